The molecule has 6 heteroatoms. The van der Waals surface area contributed by atoms with Crippen molar-refractivity contribution >= 4 is 44.5 Å². The number of aryl methyl sites for hydroxylation is 1. The zero-order valence-electron chi connectivity index (χ0n) is 12.1. The van der Waals surface area contributed by atoms with E-state index in [-0.39, 0.29) is 0 Å². The predicted octanol–water partition coefficient (Wildman–Crippen LogP) is 5.85. The zero-order chi connectivity index (χ0) is 16.0. The Hall–Kier alpha value is -1.69. The van der Waals surface area contributed by atoms with E-state index in [2.05, 4.69) is 15.9 Å². The van der Waals surface area contributed by atoms with Gasteiger partial charge >= 0.3 is 0 Å². The average molecular weight is 405 g/mol. The van der Waals surface area contributed by atoms with E-state index >= 15 is 0 Å². The molecule has 0 bridgehead atoms. The quantitative estimate of drug-likeness (QED) is 0.419. The van der Waals surface area contributed by atoms with Gasteiger partial charge in [0, 0.05) is 27.5 Å². The first-order valence-corrected chi connectivity index (χ1v) is 8.97. The van der Waals surface area contributed by atoms with Gasteiger partial charge in [-0.3, -0.25) is 0 Å². The maximum absolute atomic E-state index is 5.96. The van der Waals surface area contributed by atoms with Crippen LogP contribution in [0.25, 0.3) is 26.8 Å². The molecule has 114 valence electrons. The molecule has 0 atom stereocenters. The SMILES string of the molecule is Cc1nc(-c2ccc(Cl)cc2)sc1-c1cn2cc(Br)ccc2n1. The standard InChI is InChI=1S/C17H11BrClN3S/c1-10-16(14-9-22-8-12(18)4-7-15(22)21-14)23-17(20-10)11-2-5-13(19)6-3-11/h2-9H,1H3. The van der Waals surface area contributed by atoms with Gasteiger partial charge in [-0.05, 0) is 47.1 Å². The molecule has 0 aliphatic heterocycles. The Morgan fingerprint density at radius 3 is 2.61 bits per heavy atom. The van der Waals surface area contributed by atoms with Crippen LogP contribution in [0.3, 0.4) is 0 Å². The number of hydrogen-bond acceptors (Lipinski definition) is 3. The molecule has 0 spiro atoms. The summed E-state index contributed by atoms with van der Waals surface area (Å²) in [6.45, 7) is 2.02. The molecule has 3 heterocycles. The topological polar surface area (TPSA) is 30.2 Å². The smallest absolute Gasteiger partial charge is 0.137 e. The van der Waals surface area contributed by atoms with E-state index in [0.29, 0.717) is 0 Å². The fraction of sp³-hybridized carbons (Fsp3) is 0.0588. The first kappa shape index (κ1) is 14.9. The van der Waals surface area contributed by atoms with Crippen LogP contribution in [-0.4, -0.2) is 14.4 Å². The van der Waals surface area contributed by atoms with Crippen LogP contribution in [0.15, 0.2) is 53.3 Å². The molecule has 0 aliphatic rings. The summed E-state index contributed by atoms with van der Waals surface area (Å²) in [5.41, 5.74) is 3.92. The van der Waals surface area contributed by atoms with Crippen LogP contribution in [0.5, 0.6) is 0 Å². The summed E-state index contributed by atoms with van der Waals surface area (Å²) in [5.74, 6) is 0. The number of imidazole rings is 1. The van der Waals surface area contributed by atoms with Crippen LogP contribution in [0.1, 0.15) is 5.69 Å². The summed E-state index contributed by atoms with van der Waals surface area (Å²) in [7, 11) is 0. The van der Waals surface area contributed by atoms with Crippen LogP contribution in [-0.2, 0) is 0 Å². The summed E-state index contributed by atoms with van der Waals surface area (Å²) in [4.78, 5) is 10.5. The van der Waals surface area contributed by atoms with Crippen molar-refractivity contribution in [3.63, 3.8) is 0 Å². The van der Waals surface area contributed by atoms with E-state index in [9.17, 15) is 0 Å². The van der Waals surface area contributed by atoms with Crippen LogP contribution >= 0.6 is 38.9 Å². The van der Waals surface area contributed by atoms with Gasteiger partial charge in [0.25, 0.3) is 0 Å². The number of nitrogens with zero attached hydrogens (tertiary/aromatic N) is 3. The Morgan fingerprint density at radius 1 is 1.04 bits per heavy atom. The Kier molecular flexibility index (Phi) is 3.71. The fourth-order valence-electron chi connectivity index (χ4n) is 2.42. The summed E-state index contributed by atoms with van der Waals surface area (Å²) in [6.07, 6.45) is 4.04. The molecule has 3 nitrogen and oxygen atoms in total. The second-order valence-electron chi connectivity index (χ2n) is 5.18. The highest BCUT2D eigenvalue weighted by molar-refractivity contribution is 9.10. The summed E-state index contributed by atoms with van der Waals surface area (Å²) >= 11 is 11.1. The van der Waals surface area contributed by atoms with E-state index in [1.165, 1.54) is 0 Å². The van der Waals surface area contributed by atoms with Gasteiger partial charge in [-0.2, -0.15) is 0 Å². The second-order valence-corrected chi connectivity index (χ2v) is 7.53. The van der Waals surface area contributed by atoms with Crippen molar-refractivity contribution in [2.45, 2.75) is 6.92 Å². The molecule has 4 rings (SSSR count). The molecule has 23 heavy (non-hydrogen) atoms. The number of pyridine rings is 1. The van der Waals surface area contributed by atoms with Gasteiger partial charge in [0.15, 0.2) is 0 Å². The van der Waals surface area contributed by atoms with Crippen molar-refractivity contribution in [1.29, 1.82) is 0 Å². The highest BCUT2D eigenvalue weighted by Gasteiger charge is 2.14. The van der Waals surface area contributed by atoms with Crippen molar-refractivity contribution < 1.29 is 0 Å². The number of rotatable bonds is 2. The fourth-order valence-corrected chi connectivity index (χ4v) is 3.93. The van der Waals surface area contributed by atoms with E-state index < -0.39 is 0 Å². The summed E-state index contributed by atoms with van der Waals surface area (Å²) in [6, 6.07) is 11.7. The van der Waals surface area contributed by atoms with Crippen molar-refractivity contribution in [3.8, 4) is 21.1 Å². The third-order valence-electron chi connectivity index (χ3n) is 3.54. The first-order valence-electron chi connectivity index (χ1n) is 6.98. The van der Waals surface area contributed by atoms with Crippen LogP contribution in [0.2, 0.25) is 5.02 Å². The zero-order valence-corrected chi connectivity index (χ0v) is 15.3. The van der Waals surface area contributed by atoms with E-state index in [1.807, 2.05) is 60.1 Å². The molecule has 3 aromatic heterocycles. The lowest BCUT2D eigenvalue weighted by molar-refractivity contribution is 1.17. The highest BCUT2D eigenvalue weighted by atomic mass is 79.9. The molecule has 0 aliphatic carbocycles. The molecule has 0 fully saturated rings. The third kappa shape index (κ3) is 2.80. The van der Waals surface area contributed by atoms with Crippen molar-refractivity contribution in [3.05, 3.63) is 64.0 Å². The molecule has 4 aromatic rings. The normalized spacial score (nSPS) is 11.3. The second kappa shape index (κ2) is 5.74. The van der Waals surface area contributed by atoms with E-state index in [4.69, 9.17) is 21.6 Å². The van der Waals surface area contributed by atoms with Gasteiger partial charge in [0.05, 0.1) is 10.6 Å². The highest BCUT2D eigenvalue weighted by Crippen LogP contribution is 2.35. The maximum Gasteiger partial charge on any atom is 0.137 e. The van der Waals surface area contributed by atoms with Crippen LogP contribution < -0.4 is 0 Å². The molecule has 0 amide bonds. The van der Waals surface area contributed by atoms with Gasteiger partial charge in [-0.25, -0.2) is 9.97 Å². The number of halogens is 2. The maximum atomic E-state index is 5.96. The predicted molar refractivity (Wildman–Crippen MR) is 99.2 cm³/mol. The number of aromatic nitrogens is 3. The Morgan fingerprint density at radius 2 is 1.83 bits per heavy atom. The minimum Gasteiger partial charge on any atom is -0.305 e. The molecule has 1 aromatic carbocycles. The minimum atomic E-state index is 0.730. The minimum absolute atomic E-state index is 0.730. The first-order chi connectivity index (χ1) is 11.1. The average Bonchev–Trinajstić information content (AvgIpc) is 3.10. The Balaban J connectivity index is 1.80. The van der Waals surface area contributed by atoms with Crippen LogP contribution in [0, 0.1) is 6.92 Å². The number of fused-ring (bicyclic) bond motifs is 1. The molecule has 0 saturated heterocycles. The number of benzene rings is 1. The van der Waals surface area contributed by atoms with Crippen molar-refractivity contribution in [2.75, 3.05) is 0 Å². The third-order valence-corrected chi connectivity index (χ3v) is 5.49. The van der Waals surface area contributed by atoms with Gasteiger partial charge in [-0.1, -0.05) is 23.7 Å². The molecular weight excluding hydrogens is 394 g/mol. The van der Waals surface area contributed by atoms with Gasteiger partial charge in [0.1, 0.15) is 16.3 Å². The summed E-state index contributed by atoms with van der Waals surface area (Å²) in [5, 5.41) is 1.71. The molecule has 0 N–H and O–H groups in total. The van der Waals surface area contributed by atoms with Gasteiger partial charge in [0.2, 0.25) is 0 Å². The largest absolute Gasteiger partial charge is 0.305 e. The molecular formula is C17H11BrClN3S. The molecule has 0 unspecified atom stereocenters. The van der Waals surface area contributed by atoms with Crippen molar-refractivity contribution in [1.82, 2.24) is 14.4 Å². The van der Waals surface area contributed by atoms with E-state index in [1.54, 1.807) is 11.3 Å². The summed E-state index contributed by atoms with van der Waals surface area (Å²) < 4.78 is 3.04. The number of hydrogen-bond donors (Lipinski definition) is 0. The van der Waals surface area contributed by atoms with Crippen molar-refractivity contribution in [2.24, 2.45) is 0 Å². The lowest BCUT2D eigenvalue weighted by Crippen LogP contribution is -1.80. The van der Waals surface area contributed by atoms with Gasteiger partial charge < -0.3 is 4.40 Å². The van der Waals surface area contributed by atoms with Crippen LogP contribution in [0.4, 0.5) is 0 Å². The Labute approximate surface area is 150 Å². The number of thiazole rings is 1. The lowest BCUT2D eigenvalue weighted by Gasteiger charge is -1.95. The Bertz CT molecular complexity index is 1000. The monoisotopic (exact) mass is 403 g/mol. The van der Waals surface area contributed by atoms with Gasteiger partial charge in [-0.15, -0.1) is 11.3 Å². The lowest BCUT2D eigenvalue weighted by atomic mass is 10.2. The van der Waals surface area contributed by atoms with E-state index in [0.717, 1.165) is 42.0 Å². The molecule has 0 radical (unpaired) electrons. The molecule has 0 saturated carbocycles.